The molecule has 1 unspecified atom stereocenters. The zero-order valence-electron chi connectivity index (χ0n) is 18.9. The molecule has 1 aliphatic rings. The first kappa shape index (κ1) is 23.2. The Balaban J connectivity index is 2.08. The molecule has 162 valence electrons. The highest BCUT2D eigenvalue weighted by Gasteiger charge is 2.36. The highest BCUT2D eigenvalue weighted by molar-refractivity contribution is 5.86. The maximum atomic E-state index is 13.3. The van der Waals surface area contributed by atoms with E-state index in [0.29, 0.717) is 26.1 Å². The number of nitrogens with zero attached hydrogens (tertiary/aromatic N) is 3. The van der Waals surface area contributed by atoms with Crippen molar-refractivity contribution in [1.29, 1.82) is 0 Å². The smallest absolute Gasteiger partial charge is 0.410 e. The summed E-state index contributed by atoms with van der Waals surface area (Å²) in [6.07, 6.45) is 2.16. The molecule has 0 bridgehead atoms. The van der Waals surface area contributed by atoms with E-state index in [9.17, 15) is 9.59 Å². The number of likely N-dealkylation sites (N-methyl/N-ethyl adjacent to an activating group) is 1. The molecule has 1 aliphatic heterocycles. The summed E-state index contributed by atoms with van der Waals surface area (Å²) in [6, 6.07) is 7.96. The van der Waals surface area contributed by atoms with E-state index in [1.165, 1.54) is 5.56 Å². The second kappa shape index (κ2) is 10.1. The largest absolute Gasteiger partial charge is 0.444 e. The van der Waals surface area contributed by atoms with Crippen molar-refractivity contribution in [3.63, 3.8) is 0 Å². The van der Waals surface area contributed by atoms with E-state index >= 15 is 0 Å². The molecule has 0 radical (unpaired) electrons. The van der Waals surface area contributed by atoms with Crippen LogP contribution in [0.5, 0.6) is 0 Å². The molecule has 0 N–H and O–H groups in total. The third-order valence-electron chi connectivity index (χ3n) is 5.00. The molecule has 1 aromatic rings. The Hall–Kier alpha value is -2.08. The van der Waals surface area contributed by atoms with Crippen molar-refractivity contribution in [3.05, 3.63) is 35.4 Å². The van der Waals surface area contributed by atoms with Gasteiger partial charge >= 0.3 is 6.09 Å². The normalized spacial score (nSPS) is 17.3. The average molecular weight is 404 g/mol. The molecule has 2 rings (SSSR count). The van der Waals surface area contributed by atoms with Crippen LogP contribution in [0.15, 0.2) is 24.3 Å². The SMILES string of the molecule is CCN(Cc1ccc(CN(C)C)cc1)C(=O)C1CCCCN1C(=O)OC(C)(C)C. The molecule has 0 aromatic heterocycles. The molecule has 1 aromatic carbocycles. The highest BCUT2D eigenvalue weighted by atomic mass is 16.6. The fraction of sp³-hybridized carbons (Fsp3) is 0.652. The lowest BCUT2D eigenvalue weighted by atomic mass is 10.0. The van der Waals surface area contributed by atoms with E-state index in [-0.39, 0.29) is 12.0 Å². The van der Waals surface area contributed by atoms with Crippen molar-refractivity contribution < 1.29 is 14.3 Å². The van der Waals surface area contributed by atoms with Crippen molar-refractivity contribution in [2.24, 2.45) is 0 Å². The summed E-state index contributed by atoms with van der Waals surface area (Å²) in [6.45, 7) is 10.2. The maximum absolute atomic E-state index is 13.3. The quantitative estimate of drug-likeness (QED) is 0.723. The van der Waals surface area contributed by atoms with E-state index in [1.807, 2.05) is 46.7 Å². The summed E-state index contributed by atoms with van der Waals surface area (Å²) < 4.78 is 5.55. The Morgan fingerprint density at radius 2 is 1.66 bits per heavy atom. The monoisotopic (exact) mass is 403 g/mol. The van der Waals surface area contributed by atoms with Crippen LogP contribution in [0.1, 0.15) is 58.1 Å². The number of ether oxygens (including phenoxy) is 1. The summed E-state index contributed by atoms with van der Waals surface area (Å²) in [5.41, 5.74) is 1.78. The molecule has 0 saturated carbocycles. The van der Waals surface area contributed by atoms with Gasteiger partial charge in [-0.25, -0.2) is 4.79 Å². The van der Waals surface area contributed by atoms with Crippen molar-refractivity contribution >= 4 is 12.0 Å². The van der Waals surface area contributed by atoms with Crippen molar-refractivity contribution in [2.45, 2.75) is 71.7 Å². The van der Waals surface area contributed by atoms with E-state index in [4.69, 9.17) is 4.74 Å². The number of benzene rings is 1. The Labute approximate surface area is 175 Å². The summed E-state index contributed by atoms with van der Waals surface area (Å²) in [5.74, 6) is 0.00965. The molecule has 6 nitrogen and oxygen atoms in total. The summed E-state index contributed by atoms with van der Waals surface area (Å²) in [5, 5.41) is 0. The lowest BCUT2D eigenvalue weighted by Gasteiger charge is -2.38. The lowest BCUT2D eigenvalue weighted by Crippen LogP contribution is -2.53. The molecular weight excluding hydrogens is 366 g/mol. The van der Waals surface area contributed by atoms with E-state index in [1.54, 1.807) is 4.90 Å². The molecular formula is C23H37N3O3. The Morgan fingerprint density at radius 1 is 1.07 bits per heavy atom. The van der Waals surface area contributed by atoms with Gasteiger partial charge < -0.3 is 14.5 Å². The number of carbonyl (C=O) groups is 2. The third-order valence-corrected chi connectivity index (χ3v) is 5.00. The molecule has 1 heterocycles. The summed E-state index contributed by atoms with van der Waals surface area (Å²) in [4.78, 5) is 31.5. The molecule has 29 heavy (non-hydrogen) atoms. The van der Waals surface area contributed by atoms with Crippen LogP contribution in [-0.2, 0) is 22.6 Å². The van der Waals surface area contributed by atoms with Gasteiger partial charge in [0, 0.05) is 26.2 Å². The molecule has 2 amide bonds. The zero-order valence-corrected chi connectivity index (χ0v) is 18.9. The number of rotatable bonds is 6. The van der Waals surface area contributed by atoms with Gasteiger partial charge in [-0.15, -0.1) is 0 Å². The summed E-state index contributed by atoms with van der Waals surface area (Å²) in [7, 11) is 4.10. The van der Waals surface area contributed by atoms with E-state index < -0.39 is 11.6 Å². The molecule has 6 heteroatoms. The zero-order chi connectivity index (χ0) is 21.6. The van der Waals surface area contributed by atoms with Gasteiger partial charge in [-0.3, -0.25) is 9.69 Å². The van der Waals surface area contributed by atoms with Crippen LogP contribution in [0, 0.1) is 0 Å². The molecule has 1 fully saturated rings. The van der Waals surface area contributed by atoms with Gasteiger partial charge in [0.25, 0.3) is 0 Å². The maximum Gasteiger partial charge on any atom is 0.410 e. The first-order valence-corrected chi connectivity index (χ1v) is 10.6. The standard InChI is InChI=1S/C23H37N3O3/c1-7-25(17-19-13-11-18(12-14-19)16-24(5)6)21(27)20-10-8-9-15-26(20)22(28)29-23(2,3)4/h11-14,20H,7-10,15-17H2,1-6H3. The lowest BCUT2D eigenvalue weighted by molar-refractivity contribution is -0.138. The van der Waals surface area contributed by atoms with Gasteiger partial charge in [0.05, 0.1) is 0 Å². The van der Waals surface area contributed by atoms with Gasteiger partial charge in [-0.1, -0.05) is 24.3 Å². The van der Waals surface area contributed by atoms with Crippen molar-refractivity contribution in [2.75, 3.05) is 27.2 Å². The predicted molar refractivity (Wildman–Crippen MR) is 116 cm³/mol. The van der Waals surface area contributed by atoms with Crippen LogP contribution in [0.2, 0.25) is 0 Å². The predicted octanol–water partition coefficient (Wildman–Crippen LogP) is 3.89. The van der Waals surface area contributed by atoms with Gasteiger partial charge in [-0.2, -0.15) is 0 Å². The van der Waals surface area contributed by atoms with Crippen LogP contribution in [-0.4, -0.2) is 65.5 Å². The second-order valence-electron chi connectivity index (χ2n) is 9.09. The first-order chi connectivity index (χ1) is 13.6. The van der Waals surface area contributed by atoms with E-state index in [2.05, 4.69) is 29.2 Å². The molecule has 0 aliphatic carbocycles. The minimum atomic E-state index is -0.569. The van der Waals surface area contributed by atoms with Crippen molar-refractivity contribution in [1.82, 2.24) is 14.7 Å². The molecule has 0 spiro atoms. The third kappa shape index (κ3) is 7.03. The molecule has 1 atom stereocenters. The Bertz CT molecular complexity index is 680. The van der Waals surface area contributed by atoms with Gasteiger partial charge in [-0.05, 0) is 72.2 Å². The van der Waals surface area contributed by atoms with Crippen LogP contribution in [0.4, 0.5) is 4.79 Å². The minimum Gasteiger partial charge on any atom is -0.444 e. The number of piperidine rings is 1. The first-order valence-electron chi connectivity index (χ1n) is 10.6. The van der Waals surface area contributed by atoms with Crippen LogP contribution < -0.4 is 0 Å². The number of hydrogen-bond acceptors (Lipinski definition) is 4. The minimum absolute atomic E-state index is 0.00965. The van der Waals surface area contributed by atoms with Crippen LogP contribution in [0.3, 0.4) is 0 Å². The number of amides is 2. The van der Waals surface area contributed by atoms with E-state index in [0.717, 1.165) is 24.9 Å². The number of hydrogen-bond donors (Lipinski definition) is 0. The topological polar surface area (TPSA) is 53.1 Å². The molecule has 1 saturated heterocycles. The summed E-state index contributed by atoms with van der Waals surface area (Å²) >= 11 is 0. The van der Waals surface area contributed by atoms with Crippen LogP contribution >= 0.6 is 0 Å². The number of carbonyl (C=O) groups excluding carboxylic acids is 2. The Kier molecular flexibility index (Phi) is 8.08. The fourth-order valence-electron chi connectivity index (χ4n) is 3.62. The van der Waals surface area contributed by atoms with Gasteiger partial charge in [0.1, 0.15) is 11.6 Å². The average Bonchev–Trinajstić information content (AvgIpc) is 2.65. The Morgan fingerprint density at radius 3 is 2.17 bits per heavy atom. The van der Waals surface area contributed by atoms with Gasteiger partial charge in [0.15, 0.2) is 0 Å². The van der Waals surface area contributed by atoms with Crippen LogP contribution in [0.25, 0.3) is 0 Å². The highest BCUT2D eigenvalue weighted by Crippen LogP contribution is 2.23. The number of likely N-dealkylation sites (tertiary alicyclic amines) is 1. The van der Waals surface area contributed by atoms with Gasteiger partial charge in [0.2, 0.25) is 5.91 Å². The second-order valence-corrected chi connectivity index (χ2v) is 9.09. The van der Waals surface area contributed by atoms with Crippen molar-refractivity contribution in [3.8, 4) is 0 Å². The fourth-order valence-corrected chi connectivity index (χ4v) is 3.62.